The first-order valence-corrected chi connectivity index (χ1v) is 10.8. The molecule has 3 aliphatic heterocycles. The van der Waals surface area contributed by atoms with Crippen LogP contribution in [0.3, 0.4) is 0 Å². The molecular weight excluding hydrogens is 410 g/mol. The van der Waals surface area contributed by atoms with Crippen molar-refractivity contribution < 1.29 is 23.9 Å². The molecule has 5 rings (SSSR count). The van der Waals surface area contributed by atoms with Gasteiger partial charge in [0.2, 0.25) is 12.7 Å². The van der Waals surface area contributed by atoms with Crippen LogP contribution in [0.25, 0.3) is 0 Å². The van der Waals surface area contributed by atoms with Crippen molar-refractivity contribution in [1.29, 1.82) is 0 Å². The number of piperazine rings is 1. The number of nitrogens with zero attached hydrogens (tertiary/aromatic N) is 3. The number of hydrogen-bond acceptors (Lipinski definition) is 6. The second-order valence-corrected chi connectivity index (χ2v) is 8.39. The minimum absolute atomic E-state index is 0.0542. The molecule has 2 saturated heterocycles. The largest absolute Gasteiger partial charge is 0.454 e. The van der Waals surface area contributed by atoms with E-state index in [4.69, 9.17) is 9.47 Å². The van der Waals surface area contributed by atoms with Crippen molar-refractivity contribution in [3.8, 4) is 11.5 Å². The lowest BCUT2D eigenvalue weighted by atomic mass is 9.96. The highest BCUT2D eigenvalue weighted by atomic mass is 16.7. The topological polar surface area (TPSA) is 79.4 Å². The van der Waals surface area contributed by atoms with Crippen molar-refractivity contribution in [2.45, 2.75) is 6.92 Å². The van der Waals surface area contributed by atoms with Crippen LogP contribution in [0.1, 0.15) is 27.6 Å². The van der Waals surface area contributed by atoms with Crippen molar-refractivity contribution in [2.75, 3.05) is 51.0 Å². The lowest BCUT2D eigenvalue weighted by Gasteiger charge is -2.43. The zero-order chi connectivity index (χ0) is 22.2. The molecule has 3 heterocycles. The average molecular weight is 435 g/mol. The standard InChI is InChI=1S/C24H25N3O5/c1-16(28)17-2-5-20(6-3-17)25-8-10-26(11-9-25)24(30)19-13-27(14-19)23(29)18-4-7-21-22(12-18)32-15-31-21/h2-7,12,19H,8-11,13-15H2,1H3. The molecule has 2 aromatic rings. The van der Waals surface area contributed by atoms with Gasteiger partial charge in [-0.2, -0.15) is 0 Å². The summed E-state index contributed by atoms with van der Waals surface area (Å²) in [5.41, 5.74) is 2.31. The molecule has 3 aliphatic rings. The fraction of sp³-hybridized carbons (Fsp3) is 0.375. The van der Waals surface area contributed by atoms with Crippen molar-refractivity contribution in [3.63, 3.8) is 0 Å². The quantitative estimate of drug-likeness (QED) is 0.684. The Morgan fingerprint density at radius 2 is 1.47 bits per heavy atom. The monoisotopic (exact) mass is 435 g/mol. The summed E-state index contributed by atoms with van der Waals surface area (Å²) >= 11 is 0. The summed E-state index contributed by atoms with van der Waals surface area (Å²) < 4.78 is 10.6. The molecule has 0 N–H and O–H groups in total. The third-order valence-corrected chi connectivity index (χ3v) is 6.37. The van der Waals surface area contributed by atoms with Crippen molar-refractivity contribution >= 4 is 23.3 Å². The van der Waals surface area contributed by atoms with Gasteiger partial charge in [-0.05, 0) is 49.4 Å². The van der Waals surface area contributed by atoms with Gasteiger partial charge in [0.15, 0.2) is 17.3 Å². The number of carbonyl (C=O) groups excluding carboxylic acids is 3. The molecule has 2 fully saturated rings. The Hall–Kier alpha value is -3.55. The summed E-state index contributed by atoms with van der Waals surface area (Å²) in [6, 6.07) is 12.8. The van der Waals surface area contributed by atoms with Crippen LogP contribution in [-0.4, -0.2) is 73.5 Å². The first-order valence-electron chi connectivity index (χ1n) is 10.8. The fourth-order valence-electron chi connectivity index (χ4n) is 4.36. The summed E-state index contributed by atoms with van der Waals surface area (Å²) in [6.07, 6.45) is 0. The summed E-state index contributed by atoms with van der Waals surface area (Å²) in [4.78, 5) is 42.9. The van der Waals surface area contributed by atoms with Crippen LogP contribution in [0.2, 0.25) is 0 Å². The molecule has 0 bridgehead atoms. The number of ether oxygens (including phenoxy) is 2. The Bertz CT molecular complexity index is 1050. The molecule has 0 aliphatic carbocycles. The number of ketones is 1. The predicted octanol–water partition coefficient (Wildman–Crippen LogP) is 2.04. The van der Waals surface area contributed by atoms with E-state index >= 15 is 0 Å². The zero-order valence-corrected chi connectivity index (χ0v) is 18.0. The van der Waals surface area contributed by atoms with Gasteiger partial charge >= 0.3 is 0 Å². The van der Waals surface area contributed by atoms with Crippen LogP contribution in [0.15, 0.2) is 42.5 Å². The van der Waals surface area contributed by atoms with Gasteiger partial charge in [-0.1, -0.05) is 0 Å². The SMILES string of the molecule is CC(=O)c1ccc(N2CCN(C(=O)C3CN(C(=O)c4ccc5c(c4)OCO5)C3)CC2)cc1. The molecular formula is C24H25N3O5. The maximum atomic E-state index is 12.9. The first kappa shape index (κ1) is 20.4. The maximum absolute atomic E-state index is 12.9. The highest BCUT2D eigenvalue weighted by Gasteiger charge is 2.39. The van der Waals surface area contributed by atoms with Crippen LogP contribution in [0.5, 0.6) is 11.5 Å². The van der Waals surface area contributed by atoms with Crippen LogP contribution in [0.4, 0.5) is 5.69 Å². The third-order valence-electron chi connectivity index (χ3n) is 6.37. The lowest BCUT2D eigenvalue weighted by molar-refractivity contribution is -0.140. The minimum Gasteiger partial charge on any atom is -0.454 e. The molecule has 0 radical (unpaired) electrons. The number of hydrogen-bond donors (Lipinski definition) is 0. The summed E-state index contributed by atoms with van der Waals surface area (Å²) in [5, 5.41) is 0. The van der Waals surface area contributed by atoms with Gasteiger partial charge in [-0.3, -0.25) is 14.4 Å². The van der Waals surface area contributed by atoms with Crippen LogP contribution in [-0.2, 0) is 4.79 Å². The second-order valence-electron chi connectivity index (χ2n) is 8.39. The average Bonchev–Trinajstić information content (AvgIpc) is 3.26. The molecule has 0 saturated carbocycles. The van der Waals surface area contributed by atoms with E-state index in [1.165, 1.54) is 0 Å². The number of likely N-dealkylation sites (tertiary alicyclic amines) is 1. The van der Waals surface area contributed by atoms with Gasteiger partial charge in [0.1, 0.15) is 0 Å². The Balaban J connectivity index is 1.12. The number of fused-ring (bicyclic) bond motifs is 1. The zero-order valence-electron chi connectivity index (χ0n) is 18.0. The van der Waals surface area contributed by atoms with E-state index in [9.17, 15) is 14.4 Å². The molecule has 8 nitrogen and oxygen atoms in total. The van der Waals surface area contributed by atoms with Crippen LogP contribution < -0.4 is 14.4 Å². The Morgan fingerprint density at radius 3 is 2.16 bits per heavy atom. The number of anilines is 1. The molecule has 2 aromatic carbocycles. The molecule has 166 valence electrons. The van der Waals surface area contributed by atoms with E-state index in [2.05, 4.69) is 4.90 Å². The molecule has 0 aromatic heterocycles. The molecule has 2 amide bonds. The highest BCUT2D eigenvalue weighted by molar-refractivity contribution is 5.97. The van der Waals surface area contributed by atoms with E-state index < -0.39 is 0 Å². The maximum Gasteiger partial charge on any atom is 0.254 e. The van der Waals surface area contributed by atoms with Gasteiger partial charge in [0, 0.05) is 56.1 Å². The first-order chi connectivity index (χ1) is 15.5. The van der Waals surface area contributed by atoms with Gasteiger partial charge in [0.05, 0.1) is 5.92 Å². The predicted molar refractivity (Wildman–Crippen MR) is 117 cm³/mol. The van der Waals surface area contributed by atoms with Crippen molar-refractivity contribution in [3.05, 3.63) is 53.6 Å². The Labute approximate surface area is 186 Å². The number of Topliss-reactive ketones (excluding diaryl/α,β-unsaturated/α-hetero) is 1. The van der Waals surface area contributed by atoms with E-state index in [0.717, 1.165) is 18.8 Å². The normalized spacial score (nSPS) is 17.8. The number of carbonyl (C=O) groups is 3. The van der Waals surface area contributed by atoms with Crippen molar-refractivity contribution in [1.82, 2.24) is 9.80 Å². The molecule has 32 heavy (non-hydrogen) atoms. The highest BCUT2D eigenvalue weighted by Crippen LogP contribution is 2.33. The van der Waals surface area contributed by atoms with Gasteiger partial charge in [-0.25, -0.2) is 0 Å². The minimum atomic E-state index is -0.144. The van der Waals surface area contributed by atoms with Gasteiger partial charge in [-0.15, -0.1) is 0 Å². The molecule has 0 atom stereocenters. The fourth-order valence-corrected chi connectivity index (χ4v) is 4.36. The summed E-state index contributed by atoms with van der Waals surface area (Å²) in [6.45, 7) is 5.42. The number of amides is 2. The van der Waals surface area contributed by atoms with Crippen LogP contribution in [0, 0.1) is 5.92 Å². The summed E-state index contributed by atoms with van der Waals surface area (Å²) in [7, 11) is 0. The van der Waals surface area contributed by atoms with Gasteiger partial charge in [0.25, 0.3) is 5.91 Å². The summed E-state index contributed by atoms with van der Waals surface area (Å²) in [5.74, 6) is 1.16. The second kappa shape index (κ2) is 8.18. The number of benzene rings is 2. The van der Waals surface area contributed by atoms with Gasteiger partial charge < -0.3 is 24.2 Å². The lowest BCUT2D eigenvalue weighted by Crippen LogP contribution is -2.59. The molecule has 8 heteroatoms. The third kappa shape index (κ3) is 3.77. The van der Waals surface area contributed by atoms with E-state index in [1.807, 2.05) is 29.2 Å². The van der Waals surface area contributed by atoms with Crippen molar-refractivity contribution in [2.24, 2.45) is 5.92 Å². The van der Waals surface area contributed by atoms with E-state index in [-0.39, 0.29) is 30.3 Å². The van der Waals surface area contributed by atoms with E-state index in [1.54, 1.807) is 30.0 Å². The Kier molecular flexibility index (Phi) is 5.20. The number of rotatable bonds is 4. The van der Waals surface area contributed by atoms with Crippen LogP contribution >= 0.6 is 0 Å². The molecule has 0 spiro atoms. The molecule has 0 unspecified atom stereocenters. The smallest absolute Gasteiger partial charge is 0.254 e. The Morgan fingerprint density at radius 1 is 0.812 bits per heavy atom. The van der Waals surface area contributed by atoms with E-state index in [0.29, 0.717) is 48.8 Å².